The lowest BCUT2D eigenvalue weighted by molar-refractivity contribution is -0.135. The Morgan fingerprint density at radius 3 is 2.64 bits per heavy atom. The third kappa shape index (κ3) is 4.46. The molecule has 7 nitrogen and oxygen atoms in total. The van der Waals surface area contributed by atoms with E-state index in [-0.39, 0.29) is 11.8 Å². The largest absolute Gasteiger partial charge is 0.352 e. The zero-order chi connectivity index (χ0) is 22.8. The first kappa shape index (κ1) is 21.9. The number of rotatable bonds is 6. The van der Waals surface area contributed by atoms with Crippen molar-refractivity contribution >= 4 is 45.7 Å². The normalized spacial score (nSPS) is 15.2. The summed E-state index contributed by atoms with van der Waals surface area (Å²) in [7, 11) is 0. The van der Waals surface area contributed by atoms with Gasteiger partial charge in [-0.1, -0.05) is 29.8 Å². The molecule has 4 heterocycles. The average Bonchev–Trinajstić information content (AvgIpc) is 3.53. The first-order chi connectivity index (χ1) is 16.1. The van der Waals surface area contributed by atoms with Gasteiger partial charge in [-0.05, 0) is 35.6 Å². The number of hydrogen-bond acceptors (Lipinski definition) is 6. The van der Waals surface area contributed by atoms with Crippen molar-refractivity contribution in [2.45, 2.75) is 6.42 Å². The number of carbonyl (C=O) groups is 1. The van der Waals surface area contributed by atoms with E-state index in [9.17, 15) is 4.79 Å². The van der Waals surface area contributed by atoms with Crippen LogP contribution in [0.2, 0.25) is 5.02 Å². The first-order valence-corrected chi connectivity index (χ1v) is 12.2. The van der Waals surface area contributed by atoms with Crippen molar-refractivity contribution in [2.75, 3.05) is 37.6 Å². The van der Waals surface area contributed by atoms with Crippen molar-refractivity contribution in [3.05, 3.63) is 64.9 Å². The molecule has 1 aliphatic rings. The van der Waals surface area contributed by atoms with Gasteiger partial charge in [-0.2, -0.15) is 0 Å². The number of aromatic amines is 1. The number of nitrogens with two attached hydrogens (primary N) is 1. The lowest BCUT2D eigenvalue weighted by Gasteiger charge is -2.37. The zero-order valence-corrected chi connectivity index (χ0v) is 19.6. The molecule has 0 saturated carbocycles. The van der Waals surface area contributed by atoms with E-state index >= 15 is 0 Å². The second kappa shape index (κ2) is 9.51. The van der Waals surface area contributed by atoms with Crippen LogP contribution in [0.1, 0.15) is 5.56 Å². The Bertz CT molecular complexity index is 1230. The maximum absolute atomic E-state index is 13.2. The van der Waals surface area contributed by atoms with Crippen LogP contribution in [0.5, 0.6) is 0 Å². The second-order valence-electron chi connectivity index (χ2n) is 8.18. The Morgan fingerprint density at radius 1 is 1.15 bits per heavy atom. The number of hydrogen-bond donors (Lipinski definition) is 2. The summed E-state index contributed by atoms with van der Waals surface area (Å²) in [5.41, 5.74) is 8.99. The number of aromatic nitrogens is 3. The van der Waals surface area contributed by atoms with Crippen molar-refractivity contribution in [3.8, 4) is 10.4 Å². The Kier molecular flexibility index (Phi) is 6.30. The van der Waals surface area contributed by atoms with E-state index in [1.807, 2.05) is 41.4 Å². The van der Waals surface area contributed by atoms with Crippen LogP contribution in [0.25, 0.3) is 21.5 Å². The minimum atomic E-state index is -0.237. The summed E-state index contributed by atoms with van der Waals surface area (Å²) < 4.78 is 0. The number of carbonyl (C=O) groups excluding carboxylic acids is 1. The van der Waals surface area contributed by atoms with Gasteiger partial charge < -0.3 is 20.5 Å². The quantitative estimate of drug-likeness (QED) is 0.438. The van der Waals surface area contributed by atoms with Crippen LogP contribution in [0.4, 0.5) is 5.82 Å². The molecule has 4 aromatic rings. The Balaban J connectivity index is 1.30. The van der Waals surface area contributed by atoms with Gasteiger partial charge in [0.2, 0.25) is 5.91 Å². The molecule has 1 atom stereocenters. The van der Waals surface area contributed by atoms with Gasteiger partial charge in [0.25, 0.3) is 0 Å². The topological polar surface area (TPSA) is 91.1 Å². The Morgan fingerprint density at radius 2 is 1.94 bits per heavy atom. The molecule has 1 saturated heterocycles. The first-order valence-electron chi connectivity index (χ1n) is 11.0. The molecule has 1 amide bonds. The van der Waals surface area contributed by atoms with Crippen LogP contribution in [0.3, 0.4) is 0 Å². The third-order valence-electron chi connectivity index (χ3n) is 6.16. The van der Waals surface area contributed by atoms with Crippen LogP contribution in [-0.4, -0.2) is 58.5 Å². The number of benzene rings is 1. The maximum Gasteiger partial charge on any atom is 0.227 e. The van der Waals surface area contributed by atoms with Gasteiger partial charge in [-0.25, -0.2) is 9.97 Å². The molecular formula is C24H25ClN6OS. The number of nitrogens with one attached hydrogen (secondary N) is 1. The van der Waals surface area contributed by atoms with Gasteiger partial charge in [0.1, 0.15) is 17.8 Å². The maximum atomic E-state index is 13.2. The van der Waals surface area contributed by atoms with E-state index in [2.05, 4.69) is 31.3 Å². The summed E-state index contributed by atoms with van der Waals surface area (Å²) in [5.74, 6) is 0.785. The minimum Gasteiger partial charge on any atom is -0.352 e. The van der Waals surface area contributed by atoms with Crippen molar-refractivity contribution in [1.29, 1.82) is 0 Å². The van der Waals surface area contributed by atoms with Crippen LogP contribution in [0, 0.1) is 5.92 Å². The number of halogens is 1. The van der Waals surface area contributed by atoms with Crippen LogP contribution >= 0.6 is 22.9 Å². The van der Waals surface area contributed by atoms with Crippen molar-refractivity contribution in [3.63, 3.8) is 0 Å². The molecule has 0 spiro atoms. The fraction of sp³-hybridized carbons (Fsp3) is 0.292. The van der Waals surface area contributed by atoms with Crippen molar-refractivity contribution in [2.24, 2.45) is 11.7 Å². The molecule has 3 N–H and O–H groups in total. The number of nitrogens with zero attached hydrogens (tertiary/aromatic N) is 4. The predicted molar refractivity (Wildman–Crippen MR) is 134 cm³/mol. The molecule has 5 rings (SSSR count). The second-order valence-corrected chi connectivity index (χ2v) is 9.56. The molecule has 33 heavy (non-hydrogen) atoms. The fourth-order valence-corrected chi connectivity index (χ4v) is 5.26. The molecule has 1 aliphatic heterocycles. The highest BCUT2D eigenvalue weighted by Crippen LogP contribution is 2.36. The average molecular weight is 481 g/mol. The van der Waals surface area contributed by atoms with E-state index in [1.54, 1.807) is 17.7 Å². The lowest BCUT2D eigenvalue weighted by Crippen LogP contribution is -2.51. The molecule has 3 aromatic heterocycles. The summed E-state index contributed by atoms with van der Waals surface area (Å²) >= 11 is 7.68. The summed E-state index contributed by atoms with van der Waals surface area (Å²) in [6.45, 7) is 3.03. The van der Waals surface area contributed by atoms with Gasteiger partial charge in [0, 0.05) is 54.4 Å². The number of H-pyrrole nitrogens is 1. The highest BCUT2D eigenvalue weighted by atomic mass is 35.5. The highest BCUT2D eigenvalue weighted by Gasteiger charge is 2.28. The van der Waals surface area contributed by atoms with Crippen molar-refractivity contribution in [1.82, 2.24) is 19.9 Å². The zero-order valence-electron chi connectivity index (χ0n) is 18.1. The molecule has 1 fully saturated rings. The lowest BCUT2D eigenvalue weighted by atomic mass is 9.97. The molecular weight excluding hydrogens is 456 g/mol. The Hall–Kier alpha value is -2.94. The van der Waals surface area contributed by atoms with Gasteiger partial charge in [0.15, 0.2) is 0 Å². The van der Waals surface area contributed by atoms with Crippen LogP contribution in [-0.2, 0) is 11.2 Å². The van der Waals surface area contributed by atoms with Gasteiger partial charge in [0.05, 0.1) is 11.3 Å². The number of thiophene rings is 1. The number of anilines is 1. The fourth-order valence-electron chi connectivity index (χ4n) is 4.39. The molecule has 9 heteroatoms. The SMILES string of the molecule is NCC(Cc1ccc(Cl)cc1)C(=O)N1CCN(c2ncnc3[nH]cc(-c4cccs4)c23)CC1. The van der Waals surface area contributed by atoms with Gasteiger partial charge in [-0.15, -0.1) is 11.3 Å². The standard InChI is InChI=1S/C24H25ClN6OS/c25-18-5-3-16(4-6-18)12-17(13-26)24(32)31-9-7-30(8-10-31)23-21-19(20-2-1-11-33-20)14-27-22(21)28-15-29-23/h1-6,11,14-15,17H,7-10,12-13,26H2,(H,27,28,29). The monoisotopic (exact) mass is 480 g/mol. The summed E-state index contributed by atoms with van der Waals surface area (Å²) in [6, 6.07) is 11.8. The predicted octanol–water partition coefficient (Wildman–Crippen LogP) is 3.81. The summed E-state index contributed by atoms with van der Waals surface area (Å²) in [5, 5.41) is 3.79. The van der Waals surface area contributed by atoms with E-state index in [0.717, 1.165) is 28.0 Å². The molecule has 1 aromatic carbocycles. The molecule has 170 valence electrons. The van der Waals surface area contributed by atoms with Gasteiger partial charge >= 0.3 is 0 Å². The summed E-state index contributed by atoms with van der Waals surface area (Å²) in [6.07, 6.45) is 4.21. The van der Waals surface area contributed by atoms with Crippen LogP contribution in [0.15, 0.2) is 54.3 Å². The Labute approximate surface area is 201 Å². The van der Waals surface area contributed by atoms with E-state index in [4.69, 9.17) is 17.3 Å². The van der Waals surface area contributed by atoms with E-state index in [1.165, 1.54) is 4.88 Å². The molecule has 0 radical (unpaired) electrons. The minimum absolute atomic E-state index is 0.112. The number of amides is 1. The number of piperazine rings is 1. The highest BCUT2D eigenvalue weighted by molar-refractivity contribution is 7.13. The molecule has 1 unspecified atom stereocenters. The van der Waals surface area contributed by atoms with E-state index in [0.29, 0.717) is 44.2 Å². The molecule has 0 aliphatic carbocycles. The number of fused-ring (bicyclic) bond motifs is 1. The smallest absolute Gasteiger partial charge is 0.227 e. The van der Waals surface area contributed by atoms with Crippen LogP contribution < -0.4 is 10.6 Å². The third-order valence-corrected chi connectivity index (χ3v) is 7.31. The van der Waals surface area contributed by atoms with E-state index < -0.39 is 0 Å². The summed E-state index contributed by atoms with van der Waals surface area (Å²) in [4.78, 5) is 30.9. The molecule has 0 bridgehead atoms. The van der Waals surface area contributed by atoms with Crippen molar-refractivity contribution < 1.29 is 4.79 Å². The van der Waals surface area contributed by atoms with Gasteiger partial charge in [-0.3, -0.25) is 4.79 Å².